The van der Waals surface area contributed by atoms with Crippen LogP contribution in [-0.4, -0.2) is 9.13 Å². The summed E-state index contributed by atoms with van der Waals surface area (Å²) in [6.45, 7) is 8.49. The van der Waals surface area contributed by atoms with E-state index in [4.69, 9.17) is 17.8 Å². The lowest BCUT2D eigenvalue weighted by molar-refractivity contribution is 0.668. The van der Waals surface area contributed by atoms with Crippen LogP contribution in [0.4, 0.5) is 5.69 Å². The zero-order valence-electron chi connectivity index (χ0n) is 33.1. The fourth-order valence-electron chi connectivity index (χ4n) is 8.21. The first-order chi connectivity index (χ1) is 28.3. The number of hydrogen-bond donors (Lipinski definition) is 0. The van der Waals surface area contributed by atoms with E-state index in [0.29, 0.717) is 27.8 Å². The Balaban J connectivity index is 1.09. The Bertz CT molecular complexity index is 3560. The van der Waals surface area contributed by atoms with E-state index >= 15 is 0 Å². The molecular formula is C49H29N3O. The molecule has 11 aromatic rings. The number of hydrogen-bond acceptors (Lipinski definition) is 1. The van der Waals surface area contributed by atoms with Crippen molar-refractivity contribution >= 4 is 71.2 Å². The summed E-state index contributed by atoms with van der Waals surface area (Å²) in [5.41, 5.74) is 10.2. The molecular weight excluding hydrogens is 647 g/mol. The number of benzene rings is 8. The van der Waals surface area contributed by atoms with Gasteiger partial charge in [0, 0.05) is 49.9 Å². The molecule has 11 rings (SSSR count). The molecule has 53 heavy (non-hydrogen) atoms. The minimum absolute atomic E-state index is 0.143. The molecule has 0 aliphatic rings. The van der Waals surface area contributed by atoms with E-state index in [1.54, 1.807) is 12.1 Å². The van der Waals surface area contributed by atoms with Crippen molar-refractivity contribution in [2.24, 2.45) is 0 Å². The van der Waals surface area contributed by atoms with Gasteiger partial charge in [0.15, 0.2) is 0 Å². The Morgan fingerprint density at radius 2 is 1.19 bits per heavy atom. The predicted molar refractivity (Wildman–Crippen MR) is 220 cm³/mol. The summed E-state index contributed by atoms with van der Waals surface area (Å²) in [5, 5.41) is 5.55. The van der Waals surface area contributed by atoms with Gasteiger partial charge in [-0.3, -0.25) is 0 Å². The van der Waals surface area contributed by atoms with Crippen molar-refractivity contribution in [3.05, 3.63) is 187 Å². The molecule has 3 heterocycles. The van der Waals surface area contributed by atoms with Crippen molar-refractivity contribution < 1.29 is 11.3 Å². The van der Waals surface area contributed by atoms with Crippen LogP contribution in [0.3, 0.4) is 0 Å². The predicted octanol–water partition coefficient (Wildman–Crippen LogP) is 13.7. The second-order valence-corrected chi connectivity index (χ2v) is 13.2. The topological polar surface area (TPSA) is 27.4 Å². The van der Waals surface area contributed by atoms with Crippen molar-refractivity contribution in [3.63, 3.8) is 0 Å². The van der Waals surface area contributed by atoms with Gasteiger partial charge in [-0.05, 0) is 88.3 Å². The Morgan fingerprint density at radius 1 is 0.472 bits per heavy atom. The van der Waals surface area contributed by atoms with Crippen LogP contribution < -0.4 is 0 Å². The highest BCUT2D eigenvalue weighted by molar-refractivity contribution is 6.19. The number of aromatic nitrogens is 2. The Morgan fingerprint density at radius 3 is 2.02 bits per heavy atom. The van der Waals surface area contributed by atoms with Gasteiger partial charge in [-0.25, -0.2) is 4.85 Å². The third kappa shape index (κ3) is 4.29. The Labute approximate surface area is 311 Å². The molecule has 246 valence electrons. The van der Waals surface area contributed by atoms with Crippen LogP contribution in [0, 0.1) is 6.57 Å². The smallest absolute Gasteiger partial charge is 0.204 e. The fourth-order valence-corrected chi connectivity index (χ4v) is 8.21. The van der Waals surface area contributed by atoms with E-state index in [1.807, 2.05) is 66.7 Å². The first kappa shape index (κ1) is 24.7. The van der Waals surface area contributed by atoms with Gasteiger partial charge in [-0.2, -0.15) is 0 Å². The number of fused-ring (bicyclic) bond motifs is 9. The molecule has 0 saturated carbocycles. The molecule has 0 spiro atoms. The van der Waals surface area contributed by atoms with Crippen LogP contribution in [0.25, 0.3) is 104 Å². The van der Waals surface area contributed by atoms with E-state index in [1.165, 1.54) is 0 Å². The van der Waals surface area contributed by atoms with Crippen LogP contribution in [-0.2, 0) is 0 Å². The lowest BCUT2D eigenvalue weighted by Crippen LogP contribution is -1.93. The molecule has 0 atom stereocenters. The van der Waals surface area contributed by atoms with E-state index in [-0.39, 0.29) is 29.7 Å². The average Bonchev–Trinajstić information content (AvgIpc) is 3.92. The molecule has 0 radical (unpaired) electrons. The summed E-state index contributed by atoms with van der Waals surface area (Å²) >= 11 is 0. The maximum atomic E-state index is 8.66. The van der Waals surface area contributed by atoms with Crippen molar-refractivity contribution in [3.8, 4) is 33.6 Å². The summed E-state index contributed by atoms with van der Waals surface area (Å²) < 4.78 is 52.9. The van der Waals surface area contributed by atoms with Crippen molar-refractivity contribution in [1.82, 2.24) is 9.13 Å². The zero-order chi connectivity index (χ0) is 39.4. The lowest BCUT2D eigenvalue weighted by Gasteiger charge is -2.11. The first-order valence-electron chi connectivity index (χ1n) is 19.9. The van der Waals surface area contributed by atoms with Crippen molar-refractivity contribution in [2.75, 3.05) is 0 Å². The summed E-state index contributed by atoms with van der Waals surface area (Å²) in [5.74, 6) is 0. The van der Waals surface area contributed by atoms with E-state index in [2.05, 4.69) is 80.7 Å². The second-order valence-electron chi connectivity index (χ2n) is 13.2. The molecule has 0 N–H and O–H groups in total. The van der Waals surface area contributed by atoms with Crippen molar-refractivity contribution in [1.29, 1.82) is 0 Å². The van der Waals surface area contributed by atoms with Crippen LogP contribution in [0.15, 0.2) is 180 Å². The highest BCUT2D eigenvalue weighted by Gasteiger charge is 2.21. The monoisotopic (exact) mass is 680 g/mol. The third-order valence-electron chi connectivity index (χ3n) is 10.4. The summed E-state index contributed by atoms with van der Waals surface area (Å²) in [6, 6.07) is 47.1. The largest absolute Gasteiger partial charge is 0.456 e. The molecule has 0 amide bonds. The van der Waals surface area contributed by atoms with Gasteiger partial charge in [0.05, 0.1) is 30.0 Å². The van der Waals surface area contributed by atoms with Crippen LogP contribution in [0.2, 0.25) is 0 Å². The Hall–Kier alpha value is -7.35. The normalized spacial score (nSPS) is 13.1. The fraction of sp³-hybridized carbons (Fsp3) is 0. The highest BCUT2D eigenvalue weighted by Crippen LogP contribution is 2.45. The molecule has 3 aromatic heterocycles. The third-order valence-corrected chi connectivity index (χ3v) is 10.4. The van der Waals surface area contributed by atoms with E-state index in [0.717, 1.165) is 71.5 Å². The lowest BCUT2D eigenvalue weighted by atomic mass is 9.98. The van der Waals surface area contributed by atoms with E-state index < -0.39 is 6.04 Å². The summed E-state index contributed by atoms with van der Waals surface area (Å²) in [7, 11) is 0. The average molecular weight is 681 g/mol. The number of para-hydroxylation sites is 3. The Kier molecular flexibility index (Phi) is 5.29. The second kappa shape index (κ2) is 11.3. The quantitative estimate of drug-likeness (QED) is 0.170. The van der Waals surface area contributed by atoms with Crippen molar-refractivity contribution in [2.45, 2.75) is 0 Å². The molecule has 4 heteroatoms. The summed E-state index contributed by atoms with van der Waals surface area (Å²) in [6.07, 6.45) is 0. The maximum Gasteiger partial charge on any atom is 0.204 e. The van der Waals surface area contributed by atoms with Crippen LogP contribution in [0.5, 0.6) is 0 Å². The SMILES string of the molecule is [2H]c1c([2H])c([2H])c(-c2cccc3oc4cc(-n5c6ccccc6c6cc(-c7ccc8c(c7[N+]#[C-])c7ccccc7n8-c7ccccc7)ccc65)ccc4c23)c([2H])c1[2H]. The number of rotatable bonds is 4. The van der Waals surface area contributed by atoms with Crippen LogP contribution >= 0.6 is 0 Å². The van der Waals surface area contributed by atoms with Gasteiger partial charge in [-0.15, -0.1) is 0 Å². The summed E-state index contributed by atoms with van der Waals surface area (Å²) in [4.78, 5) is 4.19. The number of nitrogens with zero attached hydrogens (tertiary/aromatic N) is 3. The molecule has 0 aliphatic heterocycles. The minimum Gasteiger partial charge on any atom is -0.456 e. The first-order valence-corrected chi connectivity index (χ1v) is 17.4. The molecule has 0 unspecified atom stereocenters. The number of furan rings is 1. The molecule has 4 nitrogen and oxygen atoms in total. The zero-order valence-corrected chi connectivity index (χ0v) is 28.1. The molecule has 8 aromatic carbocycles. The highest BCUT2D eigenvalue weighted by atomic mass is 16.3. The van der Waals surface area contributed by atoms with Gasteiger partial charge in [0.25, 0.3) is 0 Å². The molecule has 0 aliphatic carbocycles. The van der Waals surface area contributed by atoms with Gasteiger partial charge in [0.2, 0.25) is 5.69 Å². The maximum absolute atomic E-state index is 8.66. The molecule has 0 bridgehead atoms. The van der Waals surface area contributed by atoms with Crippen LogP contribution in [0.1, 0.15) is 6.85 Å². The van der Waals surface area contributed by atoms with E-state index in [9.17, 15) is 0 Å². The molecule has 0 fully saturated rings. The van der Waals surface area contributed by atoms with Gasteiger partial charge >= 0.3 is 0 Å². The minimum atomic E-state index is -0.425. The standard InChI is InChI=1S/C49H29N3O/c1-50-49-36(26-28-44-48(49)38-18-9-11-21-42(38)51(44)33-15-6-3-7-16-33)32-23-27-43-40(29-32)37-17-8-10-20-41(37)52(43)34-24-25-39-46(30-34)53-45-22-12-19-35(47(39)45)31-13-4-2-5-14-31/h2-30H/i2D,4D,5D,13D,14D. The van der Waals surface area contributed by atoms with Gasteiger partial charge in [0.1, 0.15) is 11.2 Å². The molecule has 0 saturated heterocycles. The van der Waals surface area contributed by atoms with Gasteiger partial charge < -0.3 is 13.6 Å². The van der Waals surface area contributed by atoms with Gasteiger partial charge in [-0.1, -0.05) is 109 Å².